The molecule has 1 aliphatic carbocycles. The highest BCUT2D eigenvalue weighted by atomic mass is 16.1. The van der Waals surface area contributed by atoms with Crippen molar-refractivity contribution < 1.29 is 4.79 Å². The molecule has 1 aliphatic rings. The van der Waals surface area contributed by atoms with Gasteiger partial charge in [-0.05, 0) is 32.2 Å². The van der Waals surface area contributed by atoms with Gasteiger partial charge in [0.15, 0.2) is 0 Å². The van der Waals surface area contributed by atoms with E-state index in [0.717, 1.165) is 38.8 Å². The van der Waals surface area contributed by atoms with E-state index in [4.69, 9.17) is 11.5 Å². The van der Waals surface area contributed by atoms with Crippen molar-refractivity contribution in [3.8, 4) is 0 Å². The highest BCUT2D eigenvalue weighted by molar-refractivity contribution is 5.73. The van der Waals surface area contributed by atoms with Crippen LogP contribution in [-0.4, -0.2) is 36.0 Å². The largest absolute Gasteiger partial charge is 0.370 e. The molecule has 1 fully saturated rings. The SMILES string of the molecule is CCN(CCC(N)=O)C1CCC(N)CC1. The van der Waals surface area contributed by atoms with Crippen molar-refractivity contribution in [2.45, 2.75) is 51.1 Å². The number of rotatable bonds is 5. The van der Waals surface area contributed by atoms with E-state index in [1.165, 1.54) is 0 Å². The maximum absolute atomic E-state index is 10.7. The lowest BCUT2D eigenvalue weighted by molar-refractivity contribution is -0.118. The van der Waals surface area contributed by atoms with Crippen molar-refractivity contribution in [1.29, 1.82) is 0 Å². The second-order valence-electron chi connectivity index (χ2n) is 4.41. The van der Waals surface area contributed by atoms with Crippen LogP contribution in [0, 0.1) is 0 Å². The average Bonchev–Trinajstić information content (AvgIpc) is 2.21. The fourth-order valence-electron chi connectivity index (χ4n) is 2.32. The minimum Gasteiger partial charge on any atom is -0.370 e. The third kappa shape index (κ3) is 4.18. The molecule has 0 spiro atoms. The van der Waals surface area contributed by atoms with E-state index < -0.39 is 0 Å². The van der Waals surface area contributed by atoms with Gasteiger partial charge in [-0.2, -0.15) is 0 Å². The van der Waals surface area contributed by atoms with Gasteiger partial charge in [0, 0.05) is 25.0 Å². The van der Waals surface area contributed by atoms with Crippen LogP contribution in [0.15, 0.2) is 0 Å². The summed E-state index contributed by atoms with van der Waals surface area (Å²) in [6, 6.07) is 0.991. The predicted molar refractivity (Wildman–Crippen MR) is 61.3 cm³/mol. The number of carbonyl (C=O) groups is 1. The normalized spacial score (nSPS) is 26.9. The molecule has 88 valence electrons. The van der Waals surface area contributed by atoms with Gasteiger partial charge >= 0.3 is 0 Å². The molecule has 0 aliphatic heterocycles. The molecule has 0 bridgehead atoms. The van der Waals surface area contributed by atoms with Crippen molar-refractivity contribution in [2.75, 3.05) is 13.1 Å². The van der Waals surface area contributed by atoms with E-state index in [1.807, 2.05) is 0 Å². The Balaban J connectivity index is 2.34. The van der Waals surface area contributed by atoms with Gasteiger partial charge in [0.05, 0.1) is 0 Å². The zero-order valence-electron chi connectivity index (χ0n) is 9.61. The van der Waals surface area contributed by atoms with Crippen molar-refractivity contribution >= 4 is 5.91 Å². The molecule has 0 saturated heterocycles. The number of nitrogens with zero attached hydrogens (tertiary/aromatic N) is 1. The molecule has 4 heteroatoms. The van der Waals surface area contributed by atoms with Crippen molar-refractivity contribution in [2.24, 2.45) is 11.5 Å². The second kappa shape index (κ2) is 6.08. The molecule has 1 rings (SSSR count). The zero-order valence-corrected chi connectivity index (χ0v) is 9.61. The van der Waals surface area contributed by atoms with E-state index in [9.17, 15) is 4.79 Å². The van der Waals surface area contributed by atoms with Crippen LogP contribution in [0.2, 0.25) is 0 Å². The topological polar surface area (TPSA) is 72.3 Å². The summed E-state index contributed by atoms with van der Waals surface area (Å²) in [7, 11) is 0. The lowest BCUT2D eigenvalue weighted by atomic mass is 9.90. The molecule has 0 atom stereocenters. The van der Waals surface area contributed by atoms with Crippen LogP contribution >= 0.6 is 0 Å². The summed E-state index contributed by atoms with van der Waals surface area (Å²) in [6.45, 7) is 3.93. The number of nitrogens with two attached hydrogens (primary N) is 2. The summed E-state index contributed by atoms with van der Waals surface area (Å²) < 4.78 is 0. The number of hydrogen-bond donors (Lipinski definition) is 2. The third-order valence-corrected chi connectivity index (χ3v) is 3.31. The number of carbonyl (C=O) groups excluding carboxylic acids is 1. The molecule has 0 unspecified atom stereocenters. The van der Waals surface area contributed by atoms with Gasteiger partial charge in [-0.25, -0.2) is 0 Å². The van der Waals surface area contributed by atoms with Gasteiger partial charge < -0.3 is 16.4 Å². The summed E-state index contributed by atoms with van der Waals surface area (Å²) in [5.41, 5.74) is 11.0. The van der Waals surface area contributed by atoms with Crippen LogP contribution in [0.1, 0.15) is 39.0 Å². The summed E-state index contributed by atoms with van der Waals surface area (Å²) in [5, 5.41) is 0. The second-order valence-corrected chi connectivity index (χ2v) is 4.41. The smallest absolute Gasteiger partial charge is 0.218 e. The Bertz CT molecular complexity index is 200. The zero-order chi connectivity index (χ0) is 11.3. The first kappa shape index (κ1) is 12.5. The van der Waals surface area contributed by atoms with Gasteiger partial charge in [0.2, 0.25) is 5.91 Å². The molecule has 0 heterocycles. The average molecular weight is 213 g/mol. The van der Waals surface area contributed by atoms with Gasteiger partial charge in [0.1, 0.15) is 0 Å². The Hall–Kier alpha value is -0.610. The van der Waals surface area contributed by atoms with Gasteiger partial charge in [-0.3, -0.25) is 4.79 Å². The summed E-state index contributed by atoms with van der Waals surface area (Å²) in [6.07, 6.45) is 5.01. The first-order chi connectivity index (χ1) is 7.13. The van der Waals surface area contributed by atoms with Crippen LogP contribution in [0.4, 0.5) is 0 Å². The number of hydrogen-bond acceptors (Lipinski definition) is 3. The lowest BCUT2D eigenvalue weighted by Gasteiger charge is -2.35. The van der Waals surface area contributed by atoms with Crippen molar-refractivity contribution in [3.63, 3.8) is 0 Å². The molecular weight excluding hydrogens is 190 g/mol. The molecule has 0 aromatic rings. The molecule has 1 saturated carbocycles. The number of primary amides is 1. The van der Waals surface area contributed by atoms with Gasteiger partial charge in [-0.15, -0.1) is 0 Å². The first-order valence-corrected chi connectivity index (χ1v) is 5.91. The lowest BCUT2D eigenvalue weighted by Crippen LogP contribution is -2.42. The third-order valence-electron chi connectivity index (χ3n) is 3.31. The molecule has 15 heavy (non-hydrogen) atoms. The summed E-state index contributed by atoms with van der Waals surface area (Å²) >= 11 is 0. The van der Waals surface area contributed by atoms with Crippen molar-refractivity contribution in [3.05, 3.63) is 0 Å². The molecule has 0 aromatic carbocycles. The Labute approximate surface area is 92.0 Å². The van der Waals surface area contributed by atoms with E-state index in [-0.39, 0.29) is 5.91 Å². The minimum atomic E-state index is -0.207. The minimum absolute atomic E-state index is 0.207. The Morgan fingerprint density at radius 1 is 1.33 bits per heavy atom. The quantitative estimate of drug-likeness (QED) is 0.696. The van der Waals surface area contributed by atoms with E-state index in [2.05, 4.69) is 11.8 Å². The van der Waals surface area contributed by atoms with E-state index in [1.54, 1.807) is 0 Å². The maximum atomic E-state index is 10.7. The van der Waals surface area contributed by atoms with E-state index in [0.29, 0.717) is 18.5 Å². The van der Waals surface area contributed by atoms with Gasteiger partial charge in [-0.1, -0.05) is 6.92 Å². The van der Waals surface area contributed by atoms with Gasteiger partial charge in [0.25, 0.3) is 0 Å². The fourth-order valence-corrected chi connectivity index (χ4v) is 2.32. The fraction of sp³-hybridized carbons (Fsp3) is 0.909. The monoisotopic (exact) mass is 213 g/mol. The summed E-state index contributed by atoms with van der Waals surface area (Å²) in [4.78, 5) is 13.1. The number of amides is 1. The summed E-state index contributed by atoms with van der Waals surface area (Å²) in [5.74, 6) is -0.207. The molecule has 4 nitrogen and oxygen atoms in total. The molecule has 0 aromatic heterocycles. The first-order valence-electron chi connectivity index (χ1n) is 5.91. The van der Waals surface area contributed by atoms with Crippen molar-refractivity contribution in [1.82, 2.24) is 4.90 Å². The standard InChI is InChI=1S/C11H23N3O/c1-2-14(8-7-11(13)15)10-5-3-9(12)4-6-10/h9-10H,2-8,12H2,1H3,(H2,13,15). The Morgan fingerprint density at radius 2 is 1.93 bits per heavy atom. The Morgan fingerprint density at radius 3 is 2.40 bits per heavy atom. The van der Waals surface area contributed by atoms with Crippen LogP contribution in [-0.2, 0) is 4.79 Å². The highest BCUT2D eigenvalue weighted by Crippen LogP contribution is 2.21. The van der Waals surface area contributed by atoms with E-state index >= 15 is 0 Å². The van der Waals surface area contributed by atoms with Crippen LogP contribution in [0.3, 0.4) is 0 Å². The Kier molecular flexibility index (Phi) is 5.05. The maximum Gasteiger partial charge on any atom is 0.218 e. The molecule has 0 radical (unpaired) electrons. The molecular formula is C11H23N3O. The van der Waals surface area contributed by atoms with Crippen LogP contribution in [0.25, 0.3) is 0 Å². The predicted octanol–water partition coefficient (Wildman–Crippen LogP) is 0.454. The molecule has 4 N–H and O–H groups in total. The molecule has 1 amide bonds. The van der Waals surface area contributed by atoms with Crippen LogP contribution < -0.4 is 11.5 Å². The van der Waals surface area contributed by atoms with Crippen LogP contribution in [0.5, 0.6) is 0 Å². The highest BCUT2D eigenvalue weighted by Gasteiger charge is 2.23.